The molecule has 23 heavy (non-hydrogen) atoms. The minimum Gasteiger partial charge on any atom is -0.478 e. The summed E-state index contributed by atoms with van der Waals surface area (Å²) in [6.45, 7) is 0. The van der Waals surface area contributed by atoms with Gasteiger partial charge in [-0.15, -0.1) is 0 Å². The topological polar surface area (TPSA) is 49.3 Å². The predicted molar refractivity (Wildman–Crippen MR) is 86.2 cm³/mol. The first-order chi connectivity index (χ1) is 11.1. The number of hydrogen-bond acceptors (Lipinski definition) is 2. The summed E-state index contributed by atoms with van der Waals surface area (Å²) >= 11 is 0. The molecule has 0 amide bonds. The maximum atomic E-state index is 14.2. The average molecular weight is 309 g/mol. The van der Waals surface area contributed by atoms with Gasteiger partial charge < -0.3 is 10.4 Å². The number of nitrogens with one attached hydrogen (secondary N) is 1. The molecule has 0 spiro atoms. The van der Waals surface area contributed by atoms with Crippen LogP contribution in [0.25, 0.3) is 0 Å². The van der Waals surface area contributed by atoms with Crippen LogP contribution >= 0.6 is 0 Å². The van der Waals surface area contributed by atoms with Crippen LogP contribution in [-0.4, -0.2) is 11.1 Å². The van der Waals surface area contributed by atoms with Crippen molar-refractivity contribution in [3.8, 4) is 0 Å². The largest absolute Gasteiger partial charge is 0.478 e. The lowest BCUT2D eigenvalue weighted by molar-refractivity contribution is 0.0697. The molecule has 2 N–H and O–H groups in total. The van der Waals surface area contributed by atoms with E-state index < -0.39 is 5.97 Å². The minimum atomic E-state index is -0.940. The number of carbonyl (C=O) groups is 1. The molecule has 0 bridgehead atoms. The highest BCUT2D eigenvalue weighted by atomic mass is 19.1. The standard InChI is InChI=1S/C19H16FNO2/c20-16-6-2-5-15-13-3-1-4-14(13)17(21-18(15)16)11-7-9-12(10-8-11)19(22)23/h1-3,5-10,13-14,17,21H,4H2,(H,22,23)/t13?,14?,17-/m1/s1. The van der Waals surface area contributed by atoms with Crippen molar-refractivity contribution in [2.45, 2.75) is 18.4 Å². The zero-order chi connectivity index (χ0) is 16.0. The van der Waals surface area contributed by atoms with Gasteiger partial charge in [0.1, 0.15) is 5.82 Å². The monoisotopic (exact) mass is 309 g/mol. The maximum absolute atomic E-state index is 14.2. The molecule has 3 nitrogen and oxygen atoms in total. The number of fused-ring (bicyclic) bond motifs is 3. The predicted octanol–water partition coefficient (Wildman–Crippen LogP) is 4.35. The lowest BCUT2D eigenvalue weighted by Crippen LogP contribution is -2.29. The number of rotatable bonds is 2. The van der Waals surface area contributed by atoms with Crippen LogP contribution in [0.1, 0.15) is 39.9 Å². The van der Waals surface area contributed by atoms with Gasteiger partial charge in [0, 0.05) is 5.92 Å². The van der Waals surface area contributed by atoms with Crippen molar-refractivity contribution >= 4 is 11.7 Å². The molecule has 116 valence electrons. The molecule has 0 radical (unpaired) electrons. The van der Waals surface area contributed by atoms with Crippen LogP contribution in [-0.2, 0) is 0 Å². The maximum Gasteiger partial charge on any atom is 0.335 e. The Labute approximate surface area is 133 Å². The number of carboxylic acids is 1. The molecule has 1 heterocycles. The molecule has 0 aromatic heterocycles. The first kappa shape index (κ1) is 14.0. The second kappa shape index (κ2) is 5.23. The first-order valence-corrected chi connectivity index (χ1v) is 7.70. The summed E-state index contributed by atoms with van der Waals surface area (Å²) in [5.74, 6) is -0.663. The molecular formula is C19H16FNO2. The van der Waals surface area contributed by atoms with Gasteiger partial charge in [0.05, 0.1) is 17.3 Å². The van der Waals surface area contributed by atoms with Gasteiger partial charge in [-0.2, -0.15) is 0 Å². The fraction of sp³-hybridized carbons (Fsp3) is 0.211. The molecule has 0 saturated heterocycles. The van der Waals surface area contributed by atoms with Gasteiger partial charge in [-0.25, -0.2) is 9.18 Å². The summed E-state index contributed by atoms with van der Waals surface area (Å²) < 4.78 is 14.2. The molecule has 1 aliphatic heterocycles. The number of aromatic carboxylic acids is 1. The van der Waals surface area contributed by atoms with Crippen molar-refractivity contribution in [2.24, 2.45) is 5.92 Å². The molecule has 0 fully saturated rings. The van der Waals surface area contributed by atoms with E-state index in [1.807, 2.05) is 18.2 Å². The number of allylic oxidation sites excluding steroid dienone is 2. The van der Waals surface area contributed by atoms with Gasteiger partial charge in [-0.1, -0.05) is 36.4 Å². The quantitative estimate of drug-likeness (QED) is 0.811. The molecule has 3 atom stereocenters. The van der Waals surface area contributed by atoms with Crippen LogP contribution in [0, 0.1) is 11.7 Å². The number of halogens is 1. The third-order valence-corrected chi connectivity index (χ3v) is 4.86. The Hall–Kier alpha value is -2.62. The van der Waals surface area contributed by atoms with Crippen molar-refractivity contribution < 1.29 is 14.3 Å². The first-order valence-electron chi connectivity index (χ1n) is 7.70. The highest BCUT2D eigenvalue weighted by Crippen LogP contribution is 2.50. The molecule has 4 rings (SSSR count). The lowest BCUT2D eigenvalue weighted by atomic mass is 9.77. The fourth-order valence-corrected chi connectivity index (χ4v) is 3.75. The summed E-state index contributed by atoms with van der Waals surface area (Å²) in [5, 5.41) is 12.4. The van der Waals surface area contributed by atoms with Crippen molar-refractivity contribution in [1.82, 2.24) is 0 Å². The molecular weight excluding hydrogens is 293 g/mol. The van der Waals surface area contributed by atoms with Crippen molar-refractivity contribution in [3.05, 3.63) is 77.1 Å². The molecule has 0 saturated carbocycles. The molecule has 4 heteroatoms. The Morgan fingerprint density at radius 2 is 1.96 bits per heavy atom. The number of anilines is 1. The zero-order valence-corrected chi connectivity index (χ0v) is 12.4. The Bertz CT molecular complexity index is 798. The molecule has 2 aliphatic rings. The average Bonchev–Trinajstić information content (AvgIpc) is 3.04. The highest BCUT2D eigenvalue weighted by Gasteiger charge is 2.38. The van der Waals surface area contributed by atoms with Crippen molar-refractivity contribution in [3.63, 3.8) is 0 Å². The van der Waals surface area contributed by atoms with Crippen LogP contribution in [0.2, 0.25) is 0 Å². The second-order valence-electron chi connectivity index (χ2n) is 6.11. The van der Waals surface area contributed by atoms with Crippen LogP contribution < -0.4 is 5.32 Å². The van der Waals surface area contributed by atoms with Gasteiger partial charge in [0.2, 0.25) is 0 Å². The van der Waals surface area contributed by atoms with Gasteiger partial charge in [-0.3, -0.25) is 0 Å². The number of para-hydroxylation sites is 1. The van der Waals surface area contributed by atoms with Gasteiger partial charge >= 0.3 is 5.97 Å². The van der Waals surface area contributed by atoms with E-state index in [4.69, 9.17) is 5.11 Å². The van der Waals surface area contributed by atoms with Crippen molar-refractivity contribution in [2.75, 3.05) is 5.32 Å². The van der Waals surface area contributed by atoms with E-state index >= 15 is 0 Å². The Balaban J connectivity index is 1.75. The molecule has 2 aromatic rings. The molecule has 2 unspecified atom stereocenters. The smallest absolute Gasteiger partial charge is 0.335 e. The summed E-state index contributed by atoms with van der Waals surface area (Å²) in [4.78, 5) is 11.0. The summed E-state index contributed by atoms with van der Waals surface area (Å²) in [5.41, 5.74) is 2.81. The van der Waals surface area contributed by atoms with Gasteiger partial charge in [0.25, 0.3) is 0 Å². The van der Waals surface area contributed by atoms with Crippen LogP contribution in [0.3, 0.4) is 0 Å². The Kier molecular flexibility index (Phi) is 3.18. The van der Waals surface area contributed by atoms with E-state index in [-0.39, 0.29) is 23.3 Å². The Morgan fingerprint density at radius 1 is 1.17 bits per heavy atom. The lowest BCUT2D eigenvalue weighted by Gasteiger charge is -2.37. The normalized spacial score (nSPS) is 24.7. The highest BCUT2D eigenvalue weighted by molar-refractivity contribution is 5.87. The van der Waals surface area contributed by atoms with Gasteiger partial charge in [-0.05, 0) is 41.7 Å². The van der Waals surface area contributed by atoms with E-state index in [9.17, 15) is 9.18 Å². The van der Waals surface area contributed by atoms with Gasteiger partial charge in [0.15, 0.2) is 0 Å². The number of hydrogen-bond donors (Lipinski definition) is 2. The zero-order valence-electron chi connectivity index (χ0n) is 12.4. The third-order valence-electron chi connectivity index (χ3n) is 4.86. The number of benzene rings is 2. The molecule has 1 aliphatic carbocycles. The van der Waals surface area contributed by atoms with E-state index in [1.165, 1.54) is 6.07 Å². The Morgan fingerprint density at radius 3 is 2.70 bits per heavy atom. The SMILES string of the molecule is O=C(O)c1ccc([C@H]2Nc3c(F)cccc3C3C=CCC32)cc1. The number of carboxylic acid groups (broad SMARTS) is 1. The summed E-state index contributed by atoms with van der Waals surface area (Å²) in [7, 11) is 0. The van der Waals surface area contributed by atoms with E-state index in [2.05, 4.69) is 17.5 Å². The van der Waals surface area contributed by atoms with E-state index in [0.29, 0.717) is 11.6 Å². The minimum absolute atomic E-state index is 0.0257. The van der Waals surface area contributed by atoms with E-state index in [0.717, 1.165) is 17.5 Å². The second-order valence-corrected chi connectivity index (χ2v) is 6.11. The van der Waals surface area contributed by atoms with Crippen LogP contribution in [0.5, 0.6) is 0 Å². The van der Waals surface area contributed by atoms with Crippen LogP contribution in [0.15, 0.2) is 54.6 Å². The molecule has 2 aromatic carbocycles. The third kappa shape index (κ3) is 2.22. The summed E-state index contributed by atoms with van der Waals surface area (Å²) in [6.07, 6.45) is 5.23. The fourth-order valence-electron chi connectivity index (χ4n) is 3.75. The van der Waals surface area contributed by atoms with Crippen molar-refractivity contribution in [1.29, 1.82) is 0 Å². The van der Waals surface area contributed by atoms with Crippen LogP contribution in [0.4, 0.5) is 10.1 Å². The summed E-state index contributed by atoms with van der Waals surface area (Å²) in [6, 6.07) is 12.0. The van der Waals surface area contributed by atoms with E-state index in [1.54, 1.807) is 18.2 Å².